The first-order chi connectivity index (χ1) is 27.5. The molecule has 7 rings (SSSR count). The Labute approximate surface area is 326 Å². The minimum Gasteiger partial charge on any atom is -0.361 e. The molecule has 0 amide bonds. The van der Waals surface area contributed by atoms with Crippen LogP contribution < -0.4 is 14.5 Å². The van der Waals surface area contributed by atoms with Crippen LogP contribution in [0.25, 0.3) is 27.8 Å². The van der Waals surface area contributed by atoms with Crippen LogP contribution in [0.1, 0.15) is 35.9 Å². The zero-order chi connectivity index (χ0) is 38.7. The molecule has 1 atom stereocenters. The van der Waals surface area contributed by atoms with Gasteiger partial charge in [0, 0.05) is 36.5 Å². The Hall–Kier alpha value is -7.55. The first-order valence-corrected chi connectivity index (χ1v) is 18.4. The molecule has 1 aliphatic rings. The zero-order valence-corrected chi connectivity index (χ0v) is 31.0. The van der Waals surface area contributed by atoms with Gasteiger partial charge in [-0.2, -0.15) is 19.7 Å². The molecule has 0 aliphatic heterocycles. The maximum atomic E-state index is 11.6. The van der Waals surface area contributed by atoms with Crippen LogP contribution in [0.2, 0.25) is 0 Å². The number of fused-ring (bicyclic) bond motifs is 1. The van der Waals surface area contributed by atoms with E-state index in [1.807, 2.05) is 95.8 Å². The number of rotatable bonds is 12. The van der Waals surface area contributed by atoms with Crippen molar-refractivity contribution in [2.45, 2.75) is 26.3 Å². The first kappa shape index (κ1) is 36.8. The minimum atomic E-state index is 0.177. The number of hydrogen-bond donors (Lipinski definition) is 1. The second-order valence-corrected chi connectivity index (χ2v) is 13.5. The van der Waals surface area contributed by atoms with Crippen LogP contribution in [-0.4, -0.2) is 16.3 Å². The molecule has 3 aromatic heterocycles. The van der Waals surface area contributed by atoms with Crippen molar-refractivity contribution in [1.82, 2.24) is 9.97 Å². The number of carbonyl (C=O) groups is 1. The van der Waals surface area contributed by atoms with Gasteiger partial charge in [-0.15, -0.1) is 0 Å². The summed E-state index contributed by atoms with van der Waals surface area (Å²) in [5.41, 5.74) is 11.4. The molecular formula is C48H39N7O+2. The molecule has 0 fully saturated rings. The largest absolute Gasteiger partial charge is 0.361 e. The van der Waals surface area contributed by atoms with Crippen molar-refractivity contribution in [3.63, 3.8) is 0 Å². The van der Waals surface area contributed by atoms with E-state index in [1.54, 1.807) is 18.3 Å². The Kier molecular flexibility index (Phi) is 11.5. The van der Waals surface area contributed by atoms with E-state index in [1.165, 1.54) is 5.57 Å². The van der Waals surface area contributed by atoms with Gasteiger partial charge in [0.25, 0.3) is 0 Å². The van der Waals surface area contributed by atoms with Crippen molar-refractivity contribution in [1.29, 1.82) is 10.5 Å². The summed E-state index contributed by atoms with van der Waals surface area (Å²) in [7, 11) is 0. The quantitative estimate of drug-likeness (QED) is 0.0587. The van der Waals surface area contributed by atoms with E-state index >= 15 is 0 Å². The van der Waals surface area contributed by atoms with E-state index in [0.717, 1.165) is 63.1 Å². The Morgan fingerprint density at radius 3 is 2.16 bits per heavy atom. The summed E-state index contributed by atoms with van der Waals surface area (Å²) < 4.78 is 4.09. The average Bonchev–Trinajstić information content (AvgIpc) is 3.51. The SMILES string of the molecule is CC(Cc1nc2ccccc2nc1C[n+]1ccc(-c2cc[n+](-c3ccccc3C#N)cc2)cc1)C1=CC=C(C(C=CNc2ccccc2C#N)=CC=O)C=CC1. The van der Waals surface area contributed by atoms with Crippen LogP contribution in [-0.2, 0) is 17.8 Å². The van der Waals surface area contributed by atoms with E-state index in [9.17, 15) is 15.3 Å². The highest BCUT2D eigenvalue weighted by Gasteiger charge is 2.19. The third-order valence-electron chi connectivity index (χ3n) is 9.81. The Morgan fingerprint density at radius 2 is 1.45 bits per heavy atom. The number of allylic oxidation sites excluding steroid dienone is 9. The summed E-state index contributed by atoms with van der Waals surface area (Å²) in [6.07, 6.45) is 23.9. The molecule has 6 aromatic rings. The number of hydrogen-bond acceptors (Lipinski definition) is 6. The van der Waals surface area contributed by atoms with Crippen molar-refractivity contribution in [3.05, 3.63) is 204 Å². The van der Waals surface area contributed by atoms with Gasteiger partial charge in [0.15, 0.2) is 31.3 Å². The first-order valence-electron chi connectivity index (χ1n) is 18.4. The highest BCUT2D eigenvalue weighted by atomic mass is 16.1. The van der Waals surface area contributed by atoms with Crippen molar-refractivity contribution < 1.29 is 13.9 Å². The third-order valence-corrected chi connectivity index (χ3v) is 9.81. The van der Waals surface area contributed by atoms with Gasteiger partial charge in [0.05, 0.1) is 28.0 Å². The van der Waals surface area contributed by atoms with Gasteiger partial charge in [-0.05, 0) is 83.5 Å². The number of carbonyl (C=O) groups excluding carboxylic acids is 1. The van der Waals surface area contributed by atoms with E-state index in [-0.39, 0.29) is 5.92 Å². The number of nitrogens with zero attached hydrogens (tertiary/aromatic N) is 6. The maximum absolute atomic E-state index is 11.6. The second-order valence-electron chi connectivity index (χ2n) is 13.5. The van der Waals surface area contributed by atoms with Gasteiger partial charge >= 0.3 is 0 Å². The summed E-state index contributed by atoms with van der Waals surface area (Å²) >= 11 is 0. The number of para-hydroxylation sites is 4. The molecule has 1 N–H and O–H groups in total. The average molecular weight is 730 g/mol. The molecule has 56 heavy (non-hydrogen) atoms. The molecule has 1 unspecified atom stereocenters. The van der Waals surface area contributed by atoms with Crippen LogP contribution in [0.4, 0.5) is 5.69 Å². The predicted molar refractivity (Wildman–Crippen MR) is 218 cm³/mol. The maximum Gasteiger partial charge on any atom is 0.228 e. The lowest BCUT2D eigenvalue weighted by Gasteiger charge is -2.16. The highest BCUT2D eigenvalue weighted by Crippen LogP contribution is 2.27. The van der Waals surface area contributed by atoms with Crippen LogP contribution >= 0.6 is 0 Å². The Morgan fingerprint density at radius 1 is 0.804 bits per heavy atom. The monoisotopic (exact) mass is 729 g/mol. The fourth-order valence-corrected chi connectivity index (χ4v) is 6.73. The molecule has 0 saturated carbocycles. The van der Waals surface area contributed by atoms with E-state index in [0.29, 0.717) is 29.8 Å². The molecule has 0 bridgehead atoms. The van der Waals surface area contributed by atoms with Gasteiger partial charge < -0.3 is 5.32 Å². The van der Waals surface area contributed by atoms with Crippen molar-refractivity contribution >= 4 is 23.0 Å². The van der Waals surface area contributed by atoms with E-state index in [2.05, 4.69) is 83.8 Å². The zero-order valence-electron chi connectivity index (χ0n) is 31.0. The van der Waals surface area contributed by atoms with Crippen LogP contribution in [0, 0.1) is 28.6 Å². The molecule has 1 aliphatic carbocycles. The number of aldehydes is 1. The molecule has 8 heteroatoms. The summed E-state index contributed by atoms with van der Waals surface area (Å²) in [6.45, 7) is 2.80. The fraction of sp³-hybridized carbons (Fsp3) is 0.104. The van der Waals surface area contributed by atoms with Crippen LogP contribution in [0.3, 0.4) is 0 Å². The fourth-order valence-electron chi connectivity index (χ4n) is 6.73. The number of nitriles is 2. The van der Waals surface area contributed by atoms with Crippen molar-refractivity contribution in [2.75, 3.05) is 5.32 Å². The predicted octanol–water partition coefficient (Wildman–Crippen LogP) is 8.40. The lowest BCUT2D eigenvalue weighted by Crippen LogP contribution is -2.34. The van der Waals surface area contributed by atoms with E-state index < -0.39 is 0 Å². The molecule has 3 heterocycles. The van der Waals surface area contributed by atoms with Gasteiger partial charge in [-0.3, -0.25) is 4.79 Å². The van der Waals surface area contributed by atoms with Crippen LogP contribution in [0.15, 0.2) is 181 Å². The summed E-state index contributed by atoms with van der Waals surface area (Å²) in [6, 6.07) is 35.6. The number of benzene rings is 3. The van der Waals surface area contributed by atoms with Crippen LogP contribution in [0.5, 0.6) is 0 Å². The normalized spacial score (nSPS) is 13.3. The Balaban J connectivity index is 1.08. The molecule has 0 radical (unpaired) electrons. The van der Waals surface area contributed by atoms with Gasteiger partial charge in [-0.1, -0.05) is 73.2 Å². The minimum absolute atomic E-state index is 0.177. The van der Waals surface area contributed by atoms with Crippen molar-refractivity contribution in [3.8, 4) is 29.0 Å². The van der Waals surface area contributed by atoms with Gasteiger partial charge in [0.2, 0.25) is 5.69 Å². The number of aromatic nitrogens is 4. The molecule has 8 nitrogen and oxygen atoms in total. The van der Waals surface area contributed by atoms with Crippen molar-refractivity contribution in [2.24, 2.45) is 5.92 Å². The third kappa shape index (κ3) is 8.63. The lowest BCUT2D eigenvalue weighted by molar-refractivity contribution is -0.688. The standard InChI is InChI=1S/C48H38N7O/c1-35(36-11-8-12-37(18-17-36)38(24-30-56)19-25-51-43-13-4-2-9-41(43)32-49)31-46-47(53-45-15-6-5-14-44(45)52-46)34-54-26-20-39(21-27-54)40-22-28-55(29-23-40)48-16-7-3-10-42(48)33-50/h2-10,12-30,35H,11,31,34H2,1H3/q+1/p+1. The molecule has 0 spiro atoms. The number of anilines is 1. The smallest absolute Gasteiger partial charge is 0.228 e. The topological polar surface area (TPSA) is 110 Å². The number of nitrogens with one attached hydrogen (secondary N) is 1. The Bertz CT molecular complexity index is 2640. The van der Waals surface area contributed by atoms with Gasteiger partial charge in [-0.25, -0.2) is 9.97 Å². The molecular weight excluding hydrogens is 691 g/mol. The molecule has 3 aromatic carbocycles. The van der Waals surface area contributed by atoms with Gasteiger partial charge in [0.1, 0.15) is 29.7 Å². The molecule has 0 saturated heterocycles. The van der Waals surface area contributed by atoms with E-state index in [4.69, 9.17) is 9.97 Å². The highest BCUT2D eigenvalue weighted by molar-refractivity contribution is 5.74. The number of pyridine rings is 2. The summed E-state index contributed by atoms with van der Waals surface area (Å²) in [5.74, 6) is 0.177. The summed E-state index contributed by atoms with van der Waals surface area (Å²) in [4.78, 5) is 21.8. The second kappa shape index (κ2) is 17.5. The summed E-state index contributed by atoms with van der Waals surface area (Å²) in [5, 5.41) is 22.1. The lowest BCUT2D eigenvalue weighted by atomic mass is 9.92. The molecule has 270 valence electrons.